The number of guanidine groups is 1. The van der Waals surface area contributed by atoms with Gasteiger partial charge >= 0.3 is 6.03 Å². The summed E-state index contributed by atoms with van der Waals surface area (Å²) in [5.41, 5.74) is 2.24. The lowest BCUT2D eigenvalue weighted by atomic mass is 10.1. The minimum Gasteiger partial charge on any atom is -0.311 e. The van der Waals surface area contributed by atoms with Crippen LogP contribution in [0.4, 0.5) is 4.79 Å². The molecule has 3 heterocycles. The second kappa shape index (κ2) is 4.47. The molecule has 4 aliphatic rings. The lowest BCUT2D eigenvalue weighted by Gasteiger charge is -2.35. The normalized spacial score (nSPS) is 31.8. The summed E-state index contributed by atoms with van der Waals surface area (Å²) < 4.78 is 0. The summed E-state index contributed by atoms with van der Waals surface area (Å²) >= 11 is 0. The Bertz CT molecular complexity index is 619. The van der Waals surface area contributed by atoms with Gasteiger partial charge in [-0.15, -0.1) is 0 Å². The zero-order chi connectivity index (χ0) is 15.6. The average molecular weight is 303 g/mol. The molecule has 4 rings (SSSR count). The smallest absolute Gasteiger partial charge is 0.311 e. The number of fused-ring (bicyclic) bond motifs is 3. The number of rotatable bonds is 1. The number of carbonyl (C=O) groups is 2. The summed E-state index contributed by atoms with van der Waals surface area (Å²) in [5.74, 6) is 0.584. The molecule has 7 nitrogen and oxygen atoms in total. The standard InChI is InChI=1S/C15H21N5O2/c1-8-9(2)20-11-12(18(3)15(22)17-13(11)21)16-14(20)19(8)10-6-4-5-7-10/h10-12H,4-7H2,1-3H3,(H,17,21,22). The SMILES string of the molecule is CC1=C(C)N2C(=NC3C2C(=O)NC(=O)N3C)N1C1CCCC1. The molecule has 2 unspecified atom stereocenters. The quantitative estimate of drug-likeness (QED) is 0.786. The average Bonchev–Trinajstić information content (AvgIpc) is 3.16. The topological polar surface area (TPSA) is 68.2 Å². The molecule has 2 fully saturated rings. The number of allylic oxidation sites excluding steroid dienone is 2. The van der Waals surface area contributed by atoms with Crippen molar-refractivity contribution >= 4 is 17.9 Å². The molecule has 1 N–H and O–H groups in total. The molecule has 0 radical (unpaired) electrons. The van der Waals surface area contributed by atoms with Crippen LogP contribution in [-0.2, 0) is 4.79 Å². The fourth-order valence-corrected chi connectivity index (χ4v) is 4.08. The highest BCUT2D eigenvalue weighted by molar-refractivity contribution is 6.05. The minimum absolute atomic E-state index is 0.257. The Morgan fingerprint density at radius 2 is 1.73 bits per heavy atom. The fraction of sp³-hybridized carbons (Fsp3) is 0.667. The molecule has 22 heavy (non-hydrogen) atoms. The van der Waals surface area contributed by atoms with E-state index in [1.165, 1.54) is 23.4 Å². The van der Waals surface area contributed by atoms with Crippen LogP contribution in [0.15, 0.2) is 16.4 Å². The molecular formula is C15H21N5O2. The Morgan fingerprint density at radius 1 is 1.09 bits per heavy atom. The van der Waals surface area contributed by atoms with Crippen molar-refractivity contribution < 1.29 is 9.59 Å². The molecule has 2 atom stereocenters. The van der Waals surface area contributed by atoms with Crippen LogP contribution in [0.25, 0.3) is 0 Å². The van der Waals surface area contributed by atoms with Gasteiger partial charge in [-0.1, -0.05) is 12.8 Å². The van der Waals surface area contributed by atoms with Crippen LogP contribution in [0.3, 0.4) is 0 Å². The van der Waals surface area contributed by atoms with Crippen molar-refractivity contribution in [1.29, 1.82) is 0 Å². The van der Waals surface area contributed by atoms with Gasteiger partial charge in [-0.05, 0) is 26.7 Å². The monoisotopic (exact) mass is 303 g/mol. The number of hydrogen-bond donors (Lipinski definition) is 1. The van der Waals surface area contributed by atoms with Crippen LogP contribution < -0.4 is 5.32 Å². The van der Waals surface area contributed by atoms with Crippen molar-refractivity contribution in [3.05, 3.63) is 11.4 Å². The third-order valence-electron chi connectivity index (χ3n) is 5.39. The van der Waals surface area contributed by atoms with Gasteiger partial charge in [0.15, 0.2) is 12.2 Å². The number of nitrogens with zero attached hydrogens (tertiary/aromatic N) is 4. The van der Waals surface area contributed by atoms with Gasteiger partial charge in [0.25, 0.3) is 5.91 Å². The molecule has 118 valence electrons. The molecule has 0 aromatic rings. The molecular weight excluding hydrogens is 282 g/mol. The first-order chi connectivity index (χ1) is 10.5. The number of likely N-dealkylation sites (N-methyl/N-ethyl adjacent to an activating group) is 1. The second-order valence-electron chi connectivity index (χ2n) is 6.54. The second-order valence-corrected chi connectivity index (χ2v) is 6.54. The Hall–Kier alpha value is -2.05. The summed E-state index contributed by atoms with van der Waals surface area (Å²) in [6.07, 6.45) is 4.38. The van der Waals surface area contributed by atoms with Gasteiger partial charge in [0.1, 0.15) is 0 Å². The van der Waals surface area contributed by atoms with E-state index in [9.17, 15) is 9.59 Å². The third-order valence-corrected chi connectivity index (χ3v) is 5.39. The largest absolute Gasteiger partial charge is 0.325 e. The van der Waals surface area contributed by atoms with E-state index in [0.29, 0.717) is 6.04 Å². The van der Waals surface area contributed by atoms with Crippen molar-refractivity contribution in [1.82, 2.24) is 20.0 Å². The zero-order valence-corrected chi connectivity index (χ0v) is 13.2. The van der Waals surface area contributed by atoms with Crippen molar-refractivity contribution in [2.24, 2.45) is 4.99 Å². The van der Waals surface area contributed by atoms with Crippen molar-refractivity contribution in [2.45, 2.75) is 57.8 Å². The van der Waals surface area contributed by atoms with E-state index in [2.05, 4.69) is 17.1 Å². The van der Waals surface area contributed by atoms with Crippen molar-refractivity contribution in [3.63, 3.8) is 0 Å². The maximum Gasteiger partial charge on any atom is 0.325 e. The summed E-state index contributed by atoms with van der Waals surface area (Å²) in [6.45, 7) is 4.13. The molecule has 1 saturated carbocycles. The van der Waals surface area contributed by atoms with E-state index in [1.807, 2.05) is 11.8 Å². The number of amides is 3. The van der Waals surface area contributed by atoms with E-state index < -0.39 is 12.2 Å². The predicted molar refractivity (Wildman–Crippen MR) is 80.6 cm³/mol. The van der Waals surface area contributed by atoms with Gasteiger partial charge in [0.2, 0.25) is 5.96 Å². The van der Waals surface area contributed by atoms with E-state index in [1.54, 1.807) is 7.05 Å². The van der Waals surface area contributed by atoms with Crippen LogP contribution in [0.2, 0.25) is 0 Å². The lowest BCUT2D eigenvalue weighted by Crippen LogP contribution is -2.63. The molecule has 0 bridgehead atoms. The molecule has 7 heteroatoms. The predicted octanol–water partition coefficient (Wildman–Crippen LogP) is 1.04. The Labute approximate surface area is 129 Å². The molecule has 0 spiro atoms. The van der Waals surface area contributed by atoms with E-state index in [-0.39, 0.29) is 11.9 Å². The highest BCUT2D eigenvalue weighted by Gasteiger charge is 2.54. The maximum absolute atomic E-state index is 12.3. The van der Waals surface area contributed by atoms with E-state index in [0.717, 1.165) is 24.5 Å². The maximum atomic E-state index is 12.3. The first-order valence-electron chi connectivity index (χ1n) is 7.92. The summed E-state index contributed by atoms with van der Waals surface area (Å²) in [6, 6.07) is -0.357. The molecule has 3 amide bonds. The first kappa shape index (κ1) is 13.6. The fourth-order valence-electron chi connectivity index (χ4n) is 4.08. The Morgan fingerprint density at radius 3 is 2.41 bits per heavy atom. The Balaban J connectivity index is 1.75. The van der Waals surface area contributed by atoms with Crippen molar-refractivity contribution in [2.75, 3.05) is 7.05 Å². The lowest BCUT2D eigenvalue weighted by molar-refractivity contribution is -0.126. The molecule has 1 saturated heterocycles. The molecule has 3 aliphatic heterocycles. The van der Waals surface area contributed by atoms with Crippen LogP contribution >= 0.6 is 0 Å². The number of nitrogens with one attached hydrogen (secondary N) is 1. The highest BCUT2D eigenvalue weighted by atomic mass is 16.2. The van der Waals surface area contributed by atoms with E-state index in [4.69, 9.17) is 4.99 Å². The molecule has 0 aromatic heterocycles. The van der Waals surface area contributed by atoms with Gasteiger partial charge in [0.05, 0.1) is 0 Å². The zero-order valence-electron chi connectivity index (χ0n) is 13.2. The van der Waals surface area contributed by atoms with Gasteiger partial charge < -0.3 is 9.80 Å². The number of imide groups is 1. The number of carbonyl (C=O) groups excluding carboxylic acids is 2. The summed E-state index contributed by atoms with van der Waals surface area (Å²) in [7, 11) is 1.69. The number of aliphatic imine (C=N–C) groups is 1. The summed E-state index contributed by atoms with van der Waals surface area (Å²) in [4.78, 5) is 34.7. The van der Waals surface area contributed by atoms with Crippen LogP contribution in [0, 0.1) is 0 Å². The van der Waals surface area contributed by atoms with Gasteiger partial charge in [-0.3, -0.25) is 15.0 Å². The van der Waals surface area contributed by atoms with Gasteiger partial charge in [-0.2, -0.15) is 0 Å². The van der Waals surface area contributed by atoms with Crippen LogP contribution in [0.5, 0.6) is 0 Å². The number of hydrogen-bond acceptors (Lipinski definition) is 5. The van der Waals surface area contributed by atoms with Gasteiger partial charge in [0, 0.05) is 24.5 Å². The first-order valence-corrected chi connectivity index (χ1v) is 7.92. The third kappa shape index (κ3) is 1.59. The minimum atomic E-state index is -0.445. The van der Waals surface area contributed by atoms with E-state index >= 15 is 0 Å². The van der Waals surface area contributed by atoms with Crippen LogP contribution in [0.1, 0.15) is 39.5 Å². The Kier molecular flexibility index (Phi) is 2.76. The molecule has 1 aliphatic carbocycles. The number of urea groups is 1. The van der Waals surface area contributed by atoms with Crippen LogP contribution in [-0.4, -0.2) is 57.9 Å². The van der Waals surface area contributed by atoms with Crippen molar-refractivity contribution in [3.8, 4) is 0 Å². The van der Waals surface area contributed by atoms with Gasteiger partial charge in [-0.25, -0.2) is 9.79 Å². The summed E-state index contributed by atoms with van der Waals surface area (Å²) in [5, 5.41) is 2.42. The molecule has 0 aromatic carbocycles. The highest BCUT2D eigenvalue weighted by Crippen LogP contribution is 2.39.